The zero-order valence-corrected chi connectivity index (χ0v) is 15.0. The molecule has 1 saturated heterocycles. The fourth-order valence-electron chi connectivity index (χ4n) is 3.35. The number of likely N-dealkylation sites (N-methyl/N-ethyl adjacent to an activating group) is 1. The molecule has 1 aromatic heterocycles. The SMILES string of the molecule is CN1CCN(c2ccc(-c3cc(-c4cccc(CF)c4)n[nH]3)cc2)CC1. The fraction of sp³-hybridized carbons (Fsp3) is 0.286. The number of piperazine rings is 1. The van der Waals surface area contributed by atoms with Crippen LogP contribution in [-0.2, 0) is 6.67 Å². The summed E-state index contributed by atoms with van der Waals surface area (Å²) in [6, 6.07) is 18.1. The highest BCUT2D eigenvalue weighted by Crippen LogP contribution is 2.26. The number of aromatic nitrogens is 2. The van der Waals surface area contributed by atoms with Crippen LogP contribution in [0.5, 0.6) is 0 Å². The van der Waals surface area contributed by atoms with Crippen molar-refractivity contribution in [1.29, 1.82) is 0 Å². The Morgan fingerprint density at radius 2 is 1.73 bits per heavy atom. The van der Waals surface area contributed by atoms with Gasteiger partial charge in [0, 0.05) is 37.4 Å². The van der Waals surface area contributed by atoms with E-state index < -0.39 is 6.67 Å². The van der Waals surface area contributed by atoms with E-state index in [0.29, 0.717) is 5.56 Å². The first-order valence-corrected chi connectivity index (χ1v) is 8.97. The normalized spacial score (nSPS) is 15.4. The van der Waals surface area contributed by atoms with Crippen LogP contribution in [-0.4, -0.2) is 48.3 Å². The second-order valence-electron chi connectivity index (χ2n) is 6.84. The molecule has 26 heavy (non-hydrogen) atoms. The largest absolute Gasteiger partial charge is 0.369 e. The lowest BCUT2D eigenvalue weighted by Gasteiger charge is -2.34. The first-order valence-electron chi connectivity index (χ1n) is 8.97. The van der Waals surface area contributed by atoms with Crippen molar-refractivity contribution in [2.75, 3.05) is 38.1 Å². The highest BCUT2D eigenvalue weighted by Gasteiger charge is 2.14. The van der Waals surface area contributed by atoms with Crippen LogP contribution in [0.15, 0.2) is 54.6 Å². The average molecular weight is 350 g/mol. The summed E-state index contributed by atoms with van der Waals surface area (Å²) in [7, 11) is 2.17. The van der Waals surface area contributed by atoms with Crippen molar-refractivity contribution in [2.45, 2.75) is 6.67 Å². The maximum atomic E-state index is 12.9. The summed E-state index contributed by atoms with van der Waals surface area (Å²) in [5, 5.41) is 7.49. The first-order chi connectivity index (χ1) is 12.7. The number of aromatic amines is 1. The maximum absolute atomic E-state index is 12.9. The second kappa shape index (κ2) is 7.30. The summed E-state index contributed by atoms with van der Waals surface area (Å²) in [5.74, 6) is 0. The predicted molar refractivity (Wildman–Crippen MR) is 104 cm³/mol. The zero-order valence-electron chi connectivity index (χ0n) is 15.0. The number of hydrogen-bond acceptors (Lipinski definition) is 3. The summed E-state index contributed by atoms with van der Waals surface area (Å²) < 4.78 is 12.9. The Morgan fingerprint density at radius 1 is 0.962 bits per heavy atom. The predicted octanol–water partition coefficient (Wildman–Crippen LogP) is 3.97. The third-order valence-electron chi connectivity index (χ3n) is 5.00. The minimum Gasteiger partial charge on any atom is -0.369 e. The van der Waals surface area contributed by atoms with Crippen LogP contribution >= 0.6 is 0 Å². The van der Waals surface area contributed by atoms with Gasteiger partial charge in [0.25, 0.3) is 0 Å². The van der Waals surface area contributed by atoms with Gasteiger partial charge in [-0.2, -0.15) is 5.10 Å². The Balaban J connectivity index is 1.52. The minimum absolute atomic E-state index is 0.459. The molecule has 0 aliphatic carbocycles. The van der Waals surface area contributed by atoms with Crippen molar-refractivity contribution in [3.8, 4) is 22.5 Å². The van der Waals surface area contributed by atoms with Gasteiger partial charge in [-0.3, -0.25) is 5.10 Å². The van der Waals surface area contributed by atoms with Crippen LogP contribution in [0.4, 0.5) is 10.1 Å². The van der Waals surface area contributed by atoms with Crippen LogP contribution in [0.1, 0.15) is 5.56 Å². The van der Waals surface area contributed by atoms with Crippen LogP contribution in [0.25, 0.3) is 22.5 Å². The number of anilines is 1. The number of H-pyrrole nitrogens is 1. The van der Waals surface area contributed by atoms with Crippen molar-refractivity contribution in [3.63, 3.8) is 0 Å². The summed E-state index contributed by atoms with van der Waals surface area (Å²) in [5.41, 5.74) is 5.76. The van der Waals surface area contributed by atoms with Crippen LogP contribution < -0.4 is 4.90 Å². The quantitative estimate of drug-likeness (QED) is 0.773. The molecule has 0 radical (unpaired) electrons. The molecule has 2 aromatic carbocycles. The molecule has 134 valence electrons. The van der Waals surface area contributed by atoms with Gasteiger partial charge in [0.05, 0.1) is 11.4 Å². The number of nitrogens with one attached hydrogen (secondary N) is 1. The van der Waals surface area contributed by atoms with E-state index in [1.54, 1.807) is 6.07 Å². The number of rotatable bonds is 4. The second-order valence-corrected chi connectivity index (χ2v) is 6.84. The third kappa shape index (κ3) is 3.48. The molecule has 1 fully saturated rings. The Labute approximate surface area is 153 Å². The van der Waals surface area contributed by atoms with Crippen molar-refractivity contribution in [2.24, 2.45) is 0 Å². The summed E-state index contributed by atoms with van der Waals surface area (Å²) in [6.07, 6.45) is 0. The fourth-order valence-corrected chi connectivity index (χ4v) is 3.35. The summed E-state index contributed by atoms with van der Waals surface area (Å²) in [6.45, 7) is 3.87. The Hall–Kier alpha value is -2.66. The molecule has 1 aliphatic rings. The number of nitrogens with zero attached hydrogens (tertiary/aromatic N) is 3. The highest BCUT2D eigenvalue weighted by atomic mass is 19.1. The molecular weight excluding hydrogens is 327 g/mol. The van der Waals surface area contributed by atoms with Gasteiger partial charge < -0.3 is 9.80 Å². The maximum Gasteiger partial charge on any atom is 0.115 e. The highest BCUT2D eigenvalue weighted by molar-refractivity contribution is 5.69. The lowest BCUT2D eigenvalue weighted by Crippen LogP contribution is -2.44. The van der Waals surface area contributed by atoms with Gasteiger partial charge in [0.15, 0.2) is 0 Å². The van der Waals surface area contributed by atoms with Crippen molar-refractivity contribution >= 4 is 5.69 Å². The molecule has 2 heterocycles. The van der Waals surface area contributed by atoms with E-state index in [9.17, 15) is 4.39 Å². The molecule has 0 atom stereocenters. The smallest absolute Gasteiger partial charge is 0.115 e. The van der Waals surface area contributed by atoms with Gasteiger partial charge in [0.2, 0.25) is 0 Å². The number of hydrogen-bond donors (Lipinski definition) is 1. The summed E-state index contributed by atoms with van der Waals surface area (Å²) in [4.78, 5) is 4.78. The van der Waals surface area contributed by atoms with Gasteiger partial charge in [-0.25, -0.2) is 4.39 Å². The van der Waals surface area contributed by atoms with E-state index >= 15 is 0 Å². The van der Waals surface area contributed by atoms with Crippen molar-refractivity contribution in [3.05, 3.63) is 60.2 Å². The van der Waals surface area contributed by atoms with E-state index in [4.69, 9.17) is 0 Å². The number of alkyl halides is 1. The lowest BCUT2D eigenvalue weighted by molar-refractivity contribution is 0.313. The van der Waals surface area contributed by atoms with Crippen LogP contribution in [0.2, 0.25) is 0 Å². The third-order valence-corrected chi connectivity index (χ3v) is 5.00. The molecule has 5 heteroatoms. The molecule has 1 aliphatic heterocycles. The number of benzene rings is 2. The molecule has 0 spiro atoms. The van der Waals surface area contributed by atoms with Gasteiger partial charge in [0.1, 0.15) is 6.67 Å². The van der Waals surface area contributed by atoms with Gasteiger partial charge in [-0.05, 0) is 42.4 Å². The molecule has 0 saturated carbocycles. The van der Waals surface area contributed by atoms with Crippen LogP contribution in [0, 0.1) is 0 Å². The van der Waals surface area contributed by atoms with E-state index in [1.165, 1.54) is 5.69 Å². The van der Waals surface area contributed by atoms with Gasteiger partial charge in [-0.15, -0.1) is 0 Å². The standard InChI is InChI=1S/C21H23FN4/c1-25-9-11-26(12-10-25)19-7-5-17(6-8-19)20-14-21(24-23-20)18-4-2-3-16(13-18)15-22/h2-8,13-14H,9-12,15H2,1H3,(H,23,24). The molecule has 4 rings (SSSR count). The molecule has 0 unspecified atom stereocenters. The van der Waals surface area contributed by atoms with E-state index in [0.717, 1.165) is 48.7 Å². The van der Waals surface area contributed by atoms with Crippen molar-refractivity contribution in [1.82, 2.24) is 15.1 Å². The van der Waals surface area contributed by atoms with Gasteiger partial charge >= 0.3 is 0 Å². The molecular formula is C21H23FN4. The van der Waals surface area contributed by atoms with Gasteiger partial charge in [-0.1, -0.05) is 30.3 Å². The molecule has 1 N–H and O–H groups in total. The van der Waals surface area contributed by atoms with Crippen LogP contribution in [0.3, 0.4) is 0 Å². The Morgan fingerprint density at radius 3 is 2.46 bits per heavy atom. The number of halogens is 1. The topological polar surface area (TPSA) is 35.2 Å². The summed E-state index contributed by atoms with van der Waals surface area (Å²) >= 11 is 0. The van der Waals surface area contributed by atoms with Crippen molar-refractivity contribution < 1.29 is 4.39 Å². The molecule has 0 bridgehead atoms. The lowest BCUT2D eigenvalue weighted by atomic mass is 10.1. The first kappa shape index (κ1) is 16.8. The average Bonchev–Trinajstić information content (AvgIpc) is 3.19. The van der Waals surface area contributed by atoms with E-state index in [2.05, 4.69) is 51.3 Å². The molecule has 4 nitrogen and oxygen atoms in total. The minimum atomic E-state index is -0.459. The molecule has 3 aromatic rings. The molecule has 0 amide bonds. The van der Waals surface area contributed by atoms with E-state index in [-0.39, 0.29) is 0 Å². The van der Waals surface area contributed by atoms with E-state index in [1.807, 2.05) is 24.3 Å². The Bertz CT molecular complexity index is 864. The Kier molecular flexibility index (Phi) is 4.71. The monoisotopic (exact) mass is 350 g/mol. The zero-order chi connectivity index (χ0) is 17.9.